The molecule has 0 aromatic carbocycles. The van der Waals surface area contributed by atoms with E-state index in [1.807, 2.05) is 6.92 Å². The second-order valence-electron chi connectivity index (χ2n) is 5.94. The lowest BCUT2D eigenvalue weighted by atomic mass is 9.88. The summed E-state index contributed by atoms with van der Waals surface area (Å²) in [6.45, 7) is 7.05. The second-order valence-corrected chi connectivity index (χ2v) is 7.21. The molecule has 108 valence electrons. The summed E-state index contributed by atoms with van der Waals surface area (Å²) < 4.78 is 11.8. The van der Waals surface area contributed by atoms with Gasteiger partial charge < -0.3 is 8.85 Å². The van der Waals surface area contributed by atoms with Gasteiger partial charge in [0.1, 0.15) is 6.10 Å². The highest BCUT2D eigenvalue weighted by Crippen LogP contribution is 2.41. The number of rotatable bonds is 7. The highest BCUT2D eigenvalue weighted by Gasteiger charge is 2.35. The third-order valence-electron chi connectivity index (χ3n) is 4.36. The van der Waals surface area contributed by atoms with Gasteiger partial charge in [0.2, 0.25) is 0 Å². The predicted octanol–water partition coefficient (Wildman–Crippen LogP) is 3.85. The molecule has 3 heteroatoms. The fourth-order valence-corrected chi connectivity index (χ4v) is 4.13. The zero-order valence-corrected chi connectivity index (χ0v) is 13.3. The fraction of sp³-hybridized carbons (Fsp3) is 0.812. The Morgan fingerprint density at radius 2 is 1.79 bits per heavy atom. The highest BCUT2D eigenvalue weighted by atomic mass is 28.3. The Hall–Kier alpha value is -0.573. The molecule has 0 spiro atoms. The molecule has 0 radical (unpaired) electrons. The summed E-state index contributed by atoms with van der Waals surface area (Å²) in [5, 5.41) is 0. The molecule has 2 rings (SSSR count). The van der Waals surface area contributed by atoms with Crippen LogP contribution in [0.1, 0.15) is 58.3 Å². The van der Waals surface area contributed by atoms with Crippen LogP contribution < -0.4 is 0 Å². The van der Waals surface area contributed by atoms with E-state index < -0.39 is 8.90 Å². The summed E-state index contributed by atoms with van der Waals surface area (Å²) in [5.41, 5.74) is 1.33. The minimum Gasteiger partial charge on any atom is -0.524 e. The lowest BCUT2D eigenvalue weighted by molar-refractivity contribution is 0.118. The van der Waals surface area contributed by atoms with Crippen LogP contribution in [0.5, 0.6) is 0 Å². The molecule has 2 fully saturated rings. The molecular formula is C16H28O2Si. The van der Waals surface area contributed by atoms with Crippen LogP contribution in [0.2, 0.25) is 0 Å². The Labute approximate surface area is 119 Å². The molecule has 0 bridgehead atoms. The van der Waals surface area contributed by atoms with Gasteiger partial charge >= 0.3 is 8.90 Å². The molecule has 1 unspecified atom stereocenters. The smallest absolute Gasteiger partial charge is 0.472 e. The Morgan fingerprint density at radius 1 is 1.16 bits per heavy atom. The molecule has 1 atom stereocenters. The topological polar surface area (TPSA) is 18.5 Å². The molecule has 0 aromatic heterocycles. The Morgan fingerprint density at radius 3 is 2.32 bits per heavy atom. The average Bonchev–Trinajstić information content (AvgIpc) is 3.21. The van der Waals surface area contributed by atoms with Gasteiger partial charge in [-0.2, -0.15) is 0 Å². The van der Waals surface area contributed by atoms with Crippen LogP contribution in [0.15, 0.2) is 12.2 Å². The molecular weight excluding hydrogens is 252 g/mol. The maximum absolute atomic E-state index is 6.22. The molecule has 0 heterocycles. The van der Waals surface area contributed by atoms with E-state index >= 15 is 0 Å². The zero-order valence-electron chi connectivity index (χ0n) is 12.3. The summed E-state index contributed by atoms with van der Waals surface area (Å²) in [5.74, 6) is 1.36. The first-order chi connectivity index (χ1) is 9.22. The van der Waals surface area contributed by atoms with Crippen LogP contribution in [-0.4, -0.2) is 27.8 Å². The van der Waals surface area contributed by atoms with Gasteiger partial charge in [-0.3, -0.25) is 0 Å². The van der Waals surface area contributed by atoms with Gasteiger partial charge in [-0.1, -0.05) is 32.3 Å². The molecule has 2 nitrogen and oxygen atoms in total. The minimum absolute atomic E-state index is 0.212. The van der Waals surface area contributed by atoms with Gasteiger partial charge in [0.05, 0.1) is 6.61 Å². The van der Waals surface area contributed by atoms with Crippen molar-refractivity contribution in [1.29, 1.82) is 0 Å². The molecule has 0 amide bonds. The van der Waals surface area contributed by atoms with Crippen molar-refractivity contribution in [3.8, 4) is 0 Å². The van der Waals surface area contributed by atoms with Crippen molar-refractivity contribution in [2.45, 2.75) is 64.4 Å². The number of hydrogen-bond acceptors (Lipinski definition) is 2. The van der Waals surface area contributed by atoms with Crippen LogP contribution in [-0.2, 0) is 8.85 Å². The van der Waals surface area contributed by atoms with Crippen LogP contribution in [0.25, 0.3) is 0 Å². The van der Waals surface area contributed by atoms with Gasteiger partial charge in [0, 0.05) is 0 Å². The van der Waals surface area contributed by atoms with E-state index in [0.29, 0.717) is 18.4 Å². The van der Waals surface area contributed by atoms with Crippen molar-refractivity contribution >= 4 is 15.1 Å². The molecule has 2 aliphatic rings. The SMILES string of the molecule is C=C(C1CC1)C(O[Si](=C)OCC)C1CCCCCC1. The Kier molecular flexibility index (Phi) is 5.68. The van der Waals surface area contributed by atoms with E-state index in [9.17, 15) is 0 Å². The van der Waals surface area contributed by atoms with Gasteiger partial charge in [-0.15, -0.1) is 0 Å². The highest BCUT2D eigenvalue weighted by molar-refractivity contribution is 6.49. The summed E-state index contributed by atoms with van der Waals surface area (Å²) >= 11 is 0. The third-order valence-corrected chi connectivity index (χ3v) is 5.49. The summed E-state index contributed by atoms with van der Waals surface area (Å²) in [6, 6.07) is 0. The monoisotopic (exact) mass is 280 g/mol. The van der Waals surface area contributed by atoms with E-state index in [2.05, 4.69) is 12.8 Å². The molecule has 19 heavy (non-hydrogen) atoms. The zero-order chi connectivity index (χ0) is 13.7. The van der Waals surface area contributed by atoms with Crippen LogP contribution in [0.3, 0.4) is 0 Å². The molecule has 2 saturated carbocycles. The van der Waals surface area contributed by atoms with Crippen LogP contribution in [0.4, 0.5) is 0 Å². The molecule has 0 aliphatic heterocycles. The summed E-state index contributed by atoms with van der Waals surface area (Å²) in [6.07, 6.45) is 14.9. The van der Waals surface area contributed by atoms with Crippen molar-refractivity contribution in [3.63, 3.8) is 0 Å². The van der Waals surface area contributed by atoms with E-state index in [1.165, 1.54) is 56.9 Å². The van der Waals surface area contributed by atoms with Crippen LogP contribution >= 0.6 is 0 Å². The van der Waals surface area contributed by atoms with Crippen molar-refractivity contribution in [1.82, 2.24) is 0 Å². The van der Waals surface area contributed by atoms with E-state index in [4.69, 9.17) is 8.85 Å². The third kappa shape index (κ3) is 4.48. The molecule has 2 aliphatic carbocycles. The van der Waals surface area contributed by atoms with Crippen molar-refractivity contribution in [2.24, 2.45) is 11.8 Å². The quantitative estimate of drug-likeness (QED) is 0.401. The Balaban J connectivity index is 1.99. The van der Waals surface area contributed by atoms with Gasteiger partial charge in [-0.25, -0.2) is 0 Å². The van der Waals surface area contributed by atoms with Gasteiger partial charge in [0.25, 0.3) is 0 Å². The lowest BCUT2D eigenvalue weighted by Crippen LogP contribution is -2.31. The van der Waals surface area contributed by atoms with Gasteiger partial charge in [0.15, 0.2) is 0 Å². The largest absolute Gasteiger partial charge is 0.524 e. The number of hydrogen-bond donors (Lipinski definition) is 0. The normalized spacial score (nSPS) is 22.4. The van der Waals surface area contributed by atoms with Crippen LogP contribution in [0, 0.1) is 11.8 Å². The first kappa shape index (κ1) is 14.8. The van der Waals surface area contributed by atoms with Crippen molar-refractivity contribution < 1.29 is 8.85 Å². The second kappa shape index (κ2) is 7.27. The first-order valence-corrected chi connectivity index (χ1v) is 9.41. The first-order valence-electron chi connectivity index (χ1n) is 7.89. The Bertz CT molecular complexity index is 315. The van der Waals surface area contributed by atoms with E-state index in [-0.39, 0.29) is 6.10 Å². The van der Waals surface area contributed by atoms with Gasteiger partial charge in [-0.05, 0) is 56.2 Å². The molecule has 0 aromatic rings. The fourth-order valence-electron chi connectivity index (χ4n) is 3.11. The molecule has 0 saturated heterocycles. The van der Waals surface area contributed by atoms with E-state index in [0.717, 1.165) is 0 Å². The standard InChI is InChI=1S/C16H28O2Si/c1-4-17-19(3)18-16(13(2)14-11-12-14)15-9-7-5-6-8-10-15/h14-16H,2-12H2,1H3. The van der Waals surface area contributed by atoms with E-state index in [1.54, 1.807) is 0 Å². The minimum atomic E-state index is -1.36. The average molecular weight is 280 g/mol. The molecule has 0 N–H and O–H groups in total. The summed E-state index contributed by atoms with van der Waals surface area (Å²) in [4.78, 5) is 0. The predicted molar refractivity (Wildman–Crippen MR) is 82.4 cm³/mol. The lowest BCUT2D eigenvalue weighted by Gasteiger charge is -2.29. The maximum atomic E-state index is 6.22. The summed E-state index contributed by atoms with van der Waals surface area (Å²) in [7, 11) is -1.36. The van der Waals surface area contributed by atoms with Crippen molar-refractivity contribution in [3.05, 3.63) is 12.2 Å². The van der Waals surface area contributed by atoms with Crippen molar-refractivity contribution in [2.75, 3.05) is 6.61 Å². The maximum Gasteiger partial charge on any atom is 0.472 e.